The molecule has 3 rings (SSSR count). The van der Waals surface area contributed by atoms with Crippen LogP contribution in [0.5, 0.6) is 0 Å². The summed E-state index contributed by atoms with van der Waals surface area (Å²) >= 11 is 2.75. The Balaban J connectivity index is 1.77. The maximum atomic E-state index is 12.7. The van der Waals surface area contributed by atoms with Crippen molar-refractivity contribution < 1.29 is 24.9 Å². The average molecular weight is 463 g/mol. The third-order valence-electron chi connectivity index (χ3n) is 5.39. The molecule has 3 N–H and O–H groups in total. The predicted molar refractivity (Wildman–Crippen MR) is 124 cm³/mol. The molecule has 5 nitrogen and oxygen atoms in total. The van der Waals surface area contributed by atoms with E-state index in [4.69, 9.17) is 4.74 Å². The number of thioether (sulfide) groups is 1. The lowest BCUT2D eigenvalue weighted by molar-refractivity contribution is -0.145. The molecule has 0 spiro atoms. The first-order valence-electron chi connectivity index (χ1n) is 10.3. The van der Waals surface area contributed by atoms with Crippen LogP contribution < -0.4 is 0 Å². The molecule has 2 heterocycles. The number of carbonyl (C=O) groups excluding carboxylic acids is 1. The number of aliphatic hydroxyl groups is 3. The number of hydrogen-bond donors (Lipinski definition) is 3. The Morgan fingerprint density at radius 2 is 1.94 bits per heavy atom. The van der Waals surface area contributed by atoms with Crippen molar-refractivity contribution in [3.63, 3.8) is 0 Å². The number of aliphatic hydroxyl groups excluding tert-OH is 3. The van der Waals surface area contributed by atoms with E-state index in [9.17, 15) is 20.1 Å². The third kappa shape index (κ3) is 5.71. The van der Waals surface area contributed by atoms with E-state index in [0.717, 1.165) is 38.4 Å². The van der Waals surface area contributed by atoms with Gasteiger partial charge < -0.3 is 20.1 Å². The van der Waals surface area contributed by atoms with Crippen molar-refractivity contribution in [2.24, 2.45) is 0 Å². The van der Waals surface area contributed by atoms with Gasteiger partial charge in [-0.1, -0.05) is 38.6 Å². The predicted octanol–water partition coefficient (Wildman–Crippen LogP) is 5.15. The van der Waals surface area contributed by atoms with Crippen LogP contribution in [-0.2, 0) is 34.6 Å². The maximum Gasteiger partial charge on any atom is 0.348 e. The molecule has 0 bridgehead atoms. The Morgan fingerprint density at radius 1 is 1.19 bits per heavy atom. The second kappa shape index (κ2) is 9.77. The monoisotopic (exact) mass is 462 g/mol. The van der Waals surface area contributed by atoms with Gasteiger partial charge in [-0.05, 0) is 64.9 Å². The van der Waals surface area contributed by atoms with E-state index in [2.05, 4.69) is 20.8 Å². The number of benzene rings is 1. The molecular formula is C24H30O5S2. The number of cyclic esters (lactones) is 1. The zero-order chi connectivity index (χ0) is 22.8. The van der Waals surface area contributed by atoms with Gasteiger partial charge in [0.1, 0.15) is 16.8 Å². The summed E-state index contributed by atoms with van der Waals surface area (Å²) < 4.78 is 5.63. The van der Waals surface area contributed by atoms with Gasteiger partial charge in [-0.3, -0.25) is 0 Å². The van der Waals surface area contributed by atoms with Gasteiger partial charge in [-0.15, -0.1) is 11.3 Å². The Morgan fingerprint density at radius 3 is 2.52 bits per heavy atom. The molecular weight excluding hydrogens is 432 g/mol. The quantitative estimate of drug-likeness (QED) is 0.494. The number of carbonyl (C=O) groups is 1. The van der Waals surface area contributed by atoms with Crippen molar-refractivity contribution in [1.82, 2.24) is 0 Å². The van der Waals surface area contributed by atoms with Crippen LogP contribution in [0.1, 0.15) is 60.7 Å². The minimum Gasteiger partial charge on any atom is -0.511 e. The standard InChI is InChI=1S/C24H30O5S2/c1-14-7-21(19(24(2,3)4)9-16(14)11-25)31-22-20(27)10-17(29-23(22)28)6-5-15-8-18(12-26)30-13-15/h7-9,13,17,25-27H,5-6,10-12H2,1-4H3. The lowest BCUT2D eigenvalue weighted by Crippen LogP contribution is -2.26. The van der Waals surface area contributed by atoms with E-state index in [1.807, 2.05) is 30.5 Å². The van der Waals surface area contributed by atoms with E-state index in [0.29, 0.717) is 12.8 Å². The topological polar surface area (TPSA) is 87.0 Å². The second-order valence-corrected chi connectivity index (χ2v) is 11.0. The summed E-state index contributed by atoms with van der Waals surface area (Å²) in [4.78, 5) is 14.7. The second-order valence-electron chi connectivity index (χ2n) is 8.91. The van der Waals surface area contributed by atoms with Crippen LogP contribution in [0.4, 0.5) is 0 Å². The molecule has 0 aliphatic carbocycles. The van der Waals surface area contributed by atoms with E-state index < -0.39 is 5.97 Å². The highest BCUT2D eigenvalue weighted by Crippen LogP contribution is 2.41. The van der Waals surface area contributed by atoms with Crippen molar-refractivity contribution in [2.45, 2.75) is 76.6 Å². The molecule has 0 saturated carbocycles. The number of aryl methyl sites for hydroxylation is 2. The Hall–Kier alpha value is -1.80. The molecule has 1 atom stereocenters. The van der Waals surface area contributed by atoms with Gasteiger partial charge in [0.2, 0.25) is 0 Å². The molecule has 31 heavy (non-hydrogen) atoms. The molecule has 0 fully saturated rings. The average Bonchev–Trinajstić information content (AvgIpc) is 3.16. The lowest BCUT2D eigenvalue weighted by atomic mass is 9.85. The molecule has 1 aromatic heterocycles. The van der Waals surface area contributed by atoms with Crippen LogP contribution in [0.3, 0.4) is 0 Å². The number of esters is 1. The highest BCUT2D eigenvalue weighted by molar-refractivity contribution is 8.04. The van der Waals surface area contributed by atoms with Gasteiger partial charge in [0.15, 0.2) is 0 Å². The van der Waals surface area contributed by atoms with Crippen LogP contribution >= 0.6 is 23.1 Å². The minimum absolute atomic E-state index is 0.0303. The van der Waals surface area contributed by atoms with Crippen molar-refractivity contribution in [3.8, 4) is 0 Å². The third-order valence-corrected chi connectivity index (χ3v) is 7.52. The number of thiophene rings is 1. The van der Waals surface area contributed by atoms with Crippen LogP contribution in [0.2, 0.25) is 0 Å². The summed E-state index contributed by atoms with van der Waals surface area (Å²) in [7, 11) is 0. The van der Waals surface area contributed by atoms with Crippen LogP contribution in [-0.4, -0.2) is 27.4 Å². The molecule has 1 aliphatic rings. The summed E-state index contributed by atoms with van der Waals surface area (Å²) in [6.07, 6.45) is 1.27. The summed E-state index contributed by atoms with van der Waals surface area (Å²) in [5.74, 6) is -0.430. The summed E-state index contributed by atoms with van der Waals surface area (Å²) in [5, 5.41) is 31.5. The molecule has 0 radical (unpaired) electrons. The highest BCUT2D eigenvalue weighted by Gasteiger charge is 2.31. The molecule has 168 valence electrons. The fourth-order valence-corrected chi connectivity index (χ4v) is 5.63. The molecule has 1 aromatic carbocycles. The molecule has 1 aliphatic heterocycles. The Bertz CT molecular complexity index is 984. The van der Waals surface area contributed by atoms with Crippen molar-refractivity contribution in [3.05, 3.63) is 61.4 Å². The minimum atomic E-state index is -0.496. The maximum absolute atomic E-state index is 12.7. The fourth-order valence-electron chi connectivity index (χ4n) is 3.58. The summed E-state index contributed by atoms with van der Waals surface area (Å²) in [5.41, 5.74) is 3.72. The largest absolute Gasteiger partial charge is 0.511 e. The SMILES string of the molecule is Cc1cc(SC2=C(O)CC(CCc3csc(CO)c3)OC2=O)c(C(C)(C)C)cc1CO. The van der Waals surface area contributed by atoms with Crippen molar-refractivity contribution in [2.75, 3.05) is 0 Å². The number of ether oxygens (including phenoxy) is 1. The first-order valence-corrected chi connectivity index (χ1v) is 12.0. The first-order chi connectivity index (χ1) is 14.6. The smallest absolute Gasteiger partial charge is 0.348 e. The Kier molecular flexibility index (Phi) is 7.52. The van der Waals surface area contributed by atoms with Gasteiger partial charge in [-0.25, -0.2) is 4.79 Å². The number of rotatable bonds is 7. The van der Waals surface area contributed by atoms with Crippen LogP contribution in [0.15, 0.2) is 39.1 Å². The molecule has 1 unspecified atom stereocenters. The van der Waals surface area contributed by atoms with Gasteiger partial charge in [0, 0.05) is 16.2 Å². The van der Waals surface area contributed by atoms with Crippen molar-refractivity contribution >= 4 is 29.1 Å². The lowest BCUT2D eigenvalue weighted by Gasteiger charge is -2.27. The summed E-state index contributed by atoms with van der Waals surface area (Å²) in [6, 6.07) is 5.90. The summed E-state index contributed by atoms with van der Waals surface area (Å²) in [6.45, 7) is 8.17. The van der Waals surface area contributed by atoms with Gasteiger partial charge in [-0.2, -0.15) is 0 Å². The van der Waals surface area contributed by atoms with Gasteiger partial charge in [0.05, 0.1) is 13.2 Å². The zero-order valence-electron chi connectivity index (χ0n) is 18.4. The fraction of sp³-hybridized carbons (Fsp3) is 0.458. The van der Waals surface area contributed by atoms with E-state index in [1.54, 1.807) is 0 Å². The van der Waals surface area contributed by atoms with Crippen molar-refractivity contribution in [1.29, 1.82) is 0 Å². The van der Waals surface area contributed by atoms with E-state index in [-0.39, 0.29) is 35.4 Å². The van der Waals surface area contributed by atoms with Crippen LogP contribution in [0.25, 0.3) is 0 Å². The molecule has 2 aromatic rings. The molecule has 0 amide bonds. The zero-order valence-corrected chi connectivity index (χ0v) is 20.0. The normalized spacial score (nSPS) is 17.2. The molecule has 0 saturated heterocycles. The Labute approximate surface area is 191 Å². The van der Waals surface area contributed by atoms with E-state index in [1.165, 1.54) is 23.1 Å². The van der Waals surface area contributed by atoms with Gasteiger partial charge in [0.25, 0.3) is 0 Å². The number of hydrogen-bond acceptors (Lipinski definition) is 7. The molecule has 7 heteroatoms. The van der Waals surface area contributed by atoms with Gasteiger partial charge >= 0.3 is 5.97 Å². The van der Waals surface area contributed by atoms with Crippen LogP contribution in [0, 0.1) is 6.92 Å². The van der Waals surface area contributed by atoms with E-state index >= 15 is 0 Å². The first kappa shape index (κ1) is 23.9. The highest BCUT2D eigenvalue weighted by atomic mass is 32.2.